The van der Waals surface area contributed by atoms with Gasteiger partial charge in [-0.2, -0.15) is 0 Å². The summed E-state index contributed by atoms with van der Waals surface area (Å²) in [6, 6.07) is 7.89. The summed E-state index contributed by atoms with van der Waals surface area (Å²) in [5.74, 6) is 2.80. The van der Waals surface area contributed by atoms with Gasteiger partial charge in [-0.05, 0) is 80.3 Å². The summed E-state index contributed by atoms with van der Waals surface area (Å²) in [7, 11) is 0. The highest BCUT2D eigenvalue weighted by molar-refractivity contribution is 5.96. The summed E-state index contributed by atoms with van der Waals surface area (Å²) >= 11 is 0. The van der Waals surface area contributed by atoms with Crippen molar-refractivity contribution in [2.75, 3.05) is 31.5 Å². The molecular formula is C33H41N5O5. The molecule has 10 nitrogen and oxygen atoms in total. The Morgan fingerprint density at radius 1 is 1.16 bits per heavy atom. The zero-order chi connectivity index (χ0) is 29.8. The van der Waals surface area contributed by atoms with Crippen molar-refractivity contribution >= 4 is 17.5 Å². The largest absolute Gasteiger partial charge is 0.485 e. The Morgan fingerprint density at radius 3 is 2.77 bits per heavy atom. The number of aliphatic hydroxyl groups is 1. The number of likely N-dealkylation sites (tertiary alicyclic amines) is 1. The average Bonchev–Trinajstić information content (AvgIpc) is 3.74. The Balaban J connectivity index is 0.943. The average molecular weight is 588 g/mol. The number of pyridine rings is 1. The lowest BCUT2D eigenvalue weighted by molar-refractivity contribution is -0.133. The van der Waals surface area contributed by atoms with Crippen molar-refractivity contribution in [1.82, 2.24) is 19.8 Å². The van der Waals surface area contributed by atoms with E-state index in [1.165, 1.54) is 17.5 Å². The van der Waals surface area contributed by atoms with E-state index < -0.39 is 6.10 Å². The summed E-state index contributed by atoms with van der Waals surface area (Å²) in [5.41, 5.74) is 4.30. The molecule has 1 atom stereocenters. The first kappa shape index (κ1) is 29.3. The van der Waals surface area contributed by atoms with E-state index in [-0.39, 0.29) is 24.2 Å². The molecule has 0 radical (unpaired) electrons. The molecule has 1 amide bonds. The van der Waals surface area contributed by atoms with Gasteiger partial charge in [0.2, 0.25) is 5.91 Å². The normalized spacial score (nSPS) is 18.2. The number of aromatic nitrogens is 2. The molecule has 3 aromatic rings. The number of piperidine rings is 1. The number of β-amino-alcohol motifs (C(OH)–C–C–N with tert-alkyl or cyclic N) is 1. The van der Waals surface area contributed by atoms with Gasteiger partial charge in [0.1, 0.15) is 18.2 Å². The van der Waals surface area contributed by atoms with Crippen LogP contribution in [0.25, 0.3) is 0 Å². The topological polar surface area (TPSA) is 121 Å². The first-order chi connectivity index (χ1) is 20.9. The van der Waals surface area contributed by atoms with Crippen molar-refractivity contribution in [1.29, 1.82) is 0 Å². The Kier molecular flexibility index (Phi) is 9.04. The number of ketones is 1. The number of benzene rings is 1. The van der Waals surface area contributed by atoms with Gasteiger partial charge in [0.05, 0.1) is 12.3 Å². The quantitative estimate of drug-likeness (QED) is 0.301. The number of carbonyl (C=O) groups is 2. The fourth-order valence-electron chi connectivity index (χ4n) is 6.21. The molecule has 2 aromatic heterocycles. The van der Waals surface area contributed by atoms with Gasteiger partial charge in [-0.25, -0.2) is 9.97 Å². The van der Waals surface area contributed by atoms with Gasteiger partial charge in [0, 0.05) is 62.9 Å². The molecule has 6 rings (SSSR count). The van der Waals surface area contributed by atoms with Crippen LogP contribution in [0.4, 0.5) is 5.82 Å². The third-order valence-corrected chi connectivity index (χ3v) is 8.91. The van der Waals surface area contributed by atoms with E-state index in [0.29, 0.717) is 42.6 Å². The van der Waals surface area contributed by atoms with E-state index >= 15 is 0 Å². The van der Waals surface area contributed by atoms with Gasteiger partial charge in [-0.15, -0.1) is 0 Å². The number of amides is 1. The second-order valence-corrected chi connectivity index (χ2v) is 12.1. The van der Waals surface area contributed by atoms with Crippen LogP contribution in [0, 0.1) is 12.8 Å². The molecule has 1 saturated carbocycles. The number of carbonyl (C=O) groups excluding carboxylic acids is 2. The number of rotatable bonds is 12. The van der Waals surface area contributed by atoms with Crippen LogP contribution >= 0.6 is 0 Å². The molecule has 2 N–H and O–H groups in total. The van der Waals surface area contributed by atoms with Gasteiger partial charge < -0.3 is 24.5 Å². The Labute approximate surface area is 252 Å². The maximum Gasteiger partial charge on any atom is 0.225 e. The number of hydrogen-bond donors (Lipinski definition) is 2. The molecule has 1 saturated heterocycles. The lowest BCUT2D eigenvalue weighted by Crippen LogP contribution is -2.43. The number of nitrogens with zero attached hydrogens (tertiary/aromatic N) is 4. The maximum atomic E-state index is 13.0. The monoisotopic (exact) mass is 587 g/mol. The van der Waals surface area contributed by atoms with Crippen molar-refractivity contribution in [3.05, 3.63) is 71.1 Å². The molecule has 4 heterocycles. The van der Waals surface area contributed by atoms with Crippen molar-refractivity contribution in [3.8, 4) is 5.75 Å². The number of ether oxygens (including phenoxy) is 1. The lowest BCUT2D eigenvalue weighted by Gasteiger charge is -2.32. The first-order valence-electron chi connectivity index (χ1n) is 15.5. The zero-order valence-corrected chi connectivity index (χ0v) is 24.8. The second-order valence-electron chi connectivity index (χ2n) is 12.1. The maximum absolute atomic E-state index is 13.0. The molecule has 3 aliphatic rings. The van der Waals surface area contributed by atoms with E-state index in [0.717, 1.165) is 69.6 Å². The van der Waals surface area contributed by atoms with E-state index in [2.05, 4.69) is 33.2 Å². The predicted molar refractivity (Wildman–Crippen MR) is 161 cm³/mol. The summed E-state index contributed by atoms with van der Waals surface area (Å²) in [4.78, 5) is 37.9. The van der Waals surface area contributed by atoms with Crippen molar-refractivity contribution in [3.63, 3.8) is 0 Å². The van der Waals surface area contributed by atoms with Crippen molar-refractivity contribution in [2.24, 2.45) is 5.92 Å². The minimum atomic E-state index is -0.584. The second kappa shape index (κ2) is 13.3. The summed E-state index contributed by atoms with van der Waals surface area (Å²) in [5, 5.41) is 14.2. The van der Waals surface area contributed by atoms with Crippen LogP contribution in [0.3, 0.4) is 0 Å². The molecule has 0 spiro atoms. The predicted octanol–water partition coefficient (Wildman–Crippen LogP) is 4.15. The molecule has 0 unspecified atom stereocenters. The highest BCUT2D eigenvalue weighted by Crippen LogP contribution is 2.32. The van der Waals surface area contributed by atoms with E-state index in [1.807, 2.05) is 17.0 Å². The highest BCUT2D eigenvalue weighted by atomic mass is 16.5. The van der Waals surface area contributed by atoms with Crippen molar-refractivity contribution < 1.29 is 23.8 Å². The van der Waals surface area contributed by atoms with Crippen LogP contribution in [-0.2, 0) is 24.4 Å². The molecule has 0 bridgehead atoms. The van der Waals surface area contributed by atoms with Crippen LogP contribution in [0.2, 0.25) is 0 Å². The lowest BCUT2D eigenvalue weighted by atomic mass is 9.94. The molecule has 2 fully saturated rings. The SMILES string of the molecule is Cc1c(OCc2cnco2)ccc2c1CCN(C[C@@H](O)CCC(=O)c1ccnc(NC3CCN(C(=O)C4CC4)CC3)c1)C2. The fourth-order valence-corrected chi connectivity index (χ4v) is 6.21. The number of Topliss-reactive ketones (excluding diaryl/α,β-unsaturated/α-hetero) is 1. The number of anilines is 1. The van der Waals surface area contributed by atoms with Crippen LogP contribution in [-0.4, -0.2) is 74.9 Å². The first-order valence-corrected chi connectivity index (χ1v) is 15.5. The van der Waals surface area contributed by atoms with Gasteiger partial charge in [-0.1, -0.05) is 6.07 Å². The number of hydrogen-bond acceptors (Lipinski definition) is 9. The molecule has 228 valence electrons. The molecule has 43 heavy (non-hydrogen) atoms. The Bertz CT molecular complexity index is 1420. The van der Waals surface area contributed by atoms with Crippen LogP contribution in [0.1, 0.15) is 71.3 Å². The third-order valence-electron chi connectivity index (χ3n) is 8.91. The van der Waals surface area contributed by atoms with E-state index in [1.54, 1.807) is 18.5 Å². The van der Waals surface area contributed by atoms with Gasteiger partial charge in [0.25, 0.3) is 0 Å². The Hall–Kier alpha value is -3.76. The molecular weight excluding hydrogens is 546 g/mol. The minimum absolute atomic E-state index is 0.00632. The molecule has 2 aliphatic heterocycles. The molecule has 1 aromatic carbocycles. The summed E-state index contributed by atoms with van der Waals surface area (Å²) in [6.45, 7) is 6.11. The number of fused-ring (bicyclic) bond motifs is 1. The third kappa shape index (κ3) is 7.43. The number of oxazole rings is 1. The van der Waals surface area contributed by atoms with Crippen LogP contribution in [0.15, 0.2) is 47.5 Å². The standard InChI is InChI=1S/C33H41N5O5/c1-22-29-11-13-37(18-25(29)4-7-31(22)42-20-28-17-34-21-43-28)19-27(39)5-6-30(40)24-8-12-35-32(16-24)36-26-9-14-38(15-10-26)33(41)23-2-3-23/h4,7-8,12,16-17,21,23,26-27,39H,2-3,5-6,9-11,13-15,18-20H2,1H3,(H,35,36)/t27-/m0/s1. The van der Waals surface area contributed by atoms with E-state index in [4.69, 9.17) is 9.15 Å². The van der Waals surface area contributed by atoms with Crippen LogP contribution < -0.4 is 10.1 Å². The Morgan fingerprint density at radius 2 is 2.00 bits per heavy atom. The number of aliphatic hydroxyl groups excluding tert-OH is 1. The van der Waals surface area contributed by atoms with Gasteiger partial charge in [-0.3, -0.25) is 14.5 Å². The summed E-state index contributed by atoms with van der Waals surface area (Å²) in [6.07, 6.45) is 9.54. The molecule has 1 aliphatic carbocycles. The van der Waals surface area contributed by atoms with Gasteiger partial charge >= 0.3 is 0 Å². The zero-order valence-electron chi connectivity index (χ0n) is 24.8. The van der Waals surface area contributed by atoms with E-state index in [9.17, 15) is 14.7 Å². The fraction of sp³-hybridized carbons (Fsp3) is 0.515. The van der Waals surface area contributed by atoms with Gasteiger partial charge in [0.15, 0.2) is 17.9 Å². The summed E-state index contributed by atoms with van der Waals surface area (Å²) < 4.78 is 11.2. The molecule has 10 heteroatoms. The smallest absolute Gasteiger partial charge is 0.225 e. The number of nitrogens with one attached hydrogen (secondary N) is 1. The van der Waals surface area contributed by atoms with Crippen LogP contribution in [0.5, 0.6) is 5.75 Å². The van der Waals surface area contributed by atoms with Crippen molar-refractivity contribution in [2.45, 2.75) is 77.2 Å². The highest BCUT2D eigenvalue weighted by Gasteiger charge is 2.35. The minimum Gasteiger partial charge on any atom is -0.485 e.